The lowest BCUT2D eigenvalue weighted by molar-refractivity contribution is -0.384. The van der Waals surface area contributed by atoms with Gasteiger partial charge in [-0.1, -0.05) is 5.57 Å². The number of nitrogens with zero attached hydrogens (tertiary/aromatic N) is 3. The molecule has 3 rings (SSSR count). The van der Waals surface area contributed by atoms with Gasteiger partial charge in [-0.15, -0.1) is 0 Å². The van der Waals surface area contributed by atoms with Gasteiger partial charge in [0.05, 0.1) is 28.7 Å². The SMILES string of the molecule is CC1=C/C(=N/Nc2ccc(S(=O)(=O)N3CCOCC3)cc2[N+](=O)[O-])CC1. The zero-order valence-electron chi connectivity index (χ0n) is 14.3. The molecule has 1 saturated heterocycles. The summed E-state index contributed by atoms with van der Waals surface area (Å²) in [6.07, 6.45) is 3.62. The van der Waals surface area contributed by atoms with Gasteiger partial charge in [0.1, 0.15) is 5.69 Å². The van der Waals surface area contributed by atoms with Gasteiger partial charge in [0.2, 0.25) is 10.0 Å². The van der Waals surface area contributed by atoms with Crippen molar-refractivity contribution in [2.24, 2.45) is 5.10 Å². The second kappa shape index (κ2) is 7.52. The van der Waals surface area contributed by atoms with Crippen LogP contribution in [0.15, 0.2) is 39.8 Å². The van der Waals surface area contributed by atoms with Crippen molar-refractivity contribution < 1.29 is 18.1 Å². The third-order valence-corrected chi connectivity index (χ3v) is 6.18. The maximum absolute atomic E-state index is 12.7. The van der Waals surface area contributed by atoms with Gasteiger partial charge >= 0.3 is 0 Å². The monoisotopic (exact) mass is 380 g/mol. The number of allylic oxidation sites excluding steroid dienone is 2. The quantitative estimate of drug-likeness (QED) is 0.618. The molecular formula is C16H20N4O5S. The summed E-state index contributed by atoms with van der Waals surface area (Å²) in [5, 5.41) is 15.6. The van der Waals surface area contributed by atoms with Gasteiger partial charge in [-0.2, -0.15) is 9.41 Å². The first-order valence-electron chi connectivity index (χ1n) is 8.24. The lowest BCUT2D eigenvalue weighted by atomic mass is 10.3. The van der Waals surface area contributed by atoms with Gasteiger partial charge in [-0.25, -0.2) is 8.42 Å². The molecule has 0 unspecified atom stereocenters. The summed E-state index contributed by atoms with van der Waals surface area (Å²) < 4.78 is 31.8. The normalized spacial score (nSPS) is 20.2. The molecule has 1 aromatic carbocycles. The molecule has 1 heterocycles. The Labute approximate surface area is 151 Å². The molecule has 1 aliphatic carbocycles. The first-order chi connectivity index (χ1) is 12.4. The molecule has 0 amide bonds. The Morgan fingerprint density at radius 2 is 2.00 bits per heavy atom. The van der Waals surface area contributed by atoms with E-state index in [1.54, 1.807) is 0 Å². The highest BCUT2D eigenvalue weighted by Crippen LogP contribution is 2.29. The zero-order valence-corrected chi connectivity index (χ0v) is 15.2. The van der Waals surface area contributed by atoms with Crippen LogP contribution in [0, 0.1) is 10.1 Å². The van der Waals surface area contributed by atoms with Crippen LogP contribution < -0.4 is 5.43 Å². The van der Waals surface area contributed by atoms with Crippen LogP contribution in [0.4, 0.5) is 11.4 Å². The van der Waals surface area contributed by atoms with E-state index in [4.69, 9.17) is 4.74 Å². The molecule has 9 nitrogen and oxygen atoms in total. The minimum absolute atomic E-state index is 0.110. The second-order valence-corrected chi connectivity index (χ2v) is 8.10. The Kier molecular flexibility index (Phi) is 5.35. The maximum atomic E-state index is 12.7. The number of morpholine rings is 1. The van der Waals surface area contributed by atoms with E-state index in [-0.39, 0.29) is 29.4 Å². The van der Waals surface area contributed by atoms with E-state index in [2.05, 4.69) is 10.5 Å². The molecule has 0 bridgehead atoms. The van der Waals surface area contributed by atoms with E-state index < -0.39 is 14.9 Å². The summed E-state index contributed by atoms with van der Waals surface area (Å²) in [6, 6.07) is 3.81. The summed E-state index contributed by atoms with van der Waals surface area (Å²) in [4.78, 5) is 10.7. The van der Waals surface area contributed by atoms with Crippen molar-refractivity contribution >= 4 is 27.1 Å². The Morgan fingerprint density at radius 3 is 2.62 bits per heavy atom. The number of anilines is 1. The van der Waals surface area contributed by atoms with Crippen LogP contribution in [0.5, 0.6) is 0 Å². The van der Waals surface area contributed by atoms with E-state index in [1.165, 1.54) is 22.0 Å². The van der Waals surface area contributed by atoms with Crippen molar-refractivity contribution in [3.8, 4) is 0 Å². The summed E-state index contributed by atoms with van der Waals surface area (Å²) in [5.74, 6) is 0. The summed E-state index contributed by atoms with van der Waals surface area (Å²) >= 11 is 0. The van der Waals surface area contributed by atoms with Crippen molar-refractivity contribution in [1.82, 2.24) is 4.31 Å². The predicted molar refractivity (Wildman–Crippen MR) is 96.7 cm³/mol. The summed E-state index contributed by atoms with van der Waals surface area (Å²) in [6.45, 7) is 3.08. The molecule has 1 aliphatic heterocycles. The van der Waals surface area contributed by atoms with Gasteiger partial charge in [-0.3, -0.25) is 15.5 Å². The highest BCUT2D eigenvalue weighted by molar-refractivity contribution is 7.89. The van der Waals surface area contributed by atoms with E-state index in [9.17, 15) is 18.5 Å². The van der Waals surface area contributed by atoms with Gasteiger partial charge in [0, 0.05) is 19.2 Å². The molecular weight excluding hydrogens is 360 g/mol. The molecule has 1 fully saturated rings. The molecule has 1 N–H and O–H groups in total. The predicted octanol–water partition coefficient (Wildman–Crippen LogP) is 2.12. The standard InChI is InChI=1S/C16H20N4O5S/c1-12-2-3-13(10-12)17-18-15-5-4-14(11-16(15)20(21)22)26(23,24)19-6-8-25-9-7-19/h4-5,10-11,18H,2-3,6-9H2,1H3/b17-13+. The van der Waals surface area contributed by atoms with Crippen LogP contribution in [-0.4, -0.2) is 49.7 Å². The minimum atomic E-state index is -3.80. The van der Waals surface area contributed by atoms with E-state index >= 15 is 0 Å². The van der Waals surface area contributed by atoms with E-state index in [0.29, 0.717) is 13.2 Å². The number of hydrogen-bond donors (Lipinski definition) is 1. The fourth-order valence-electron chi connectivity index (χ4n) is 2.83. The molecule has 0 radical (unpaired) electrons. The van der Waals surface area contributed by atoms with Gasteiger partial charge in [-0.05, 0) is 38.0 Å². The number of nitro groups is 1. The molecule has 0 atom stereocenters. The largest absolute Gasteiger partial charge is 0.379 e. The molecule has 10 heteroatoms. The van der Waals surface area contributed by atoms with Crippen LogP contribution in [-0.2, 0) is 14.8 Å². The molecule has 140 valence electrons. The number of rotatable bonds is 5. The van der Waals surface area contributed by atoms with E-state index in [1.807, 2.05) is 13.0 Å². The number of hydrazone groups is 1. The van der Waals surface area contributed by atoms with Crippen molar-refractivity contribution in [2.75, 3.05) is 31.7 Å². The number of benzene rings is 1. The van der Waals surface area contributed by atoms with Crippen molar-refractivity contribution in [1.29, 1.82) is 0 Å². The molecule has 0 aromatic heterocycles. The first kappa shape index (κ1) is 18.5. The Hall–Kier alpha value is -2.30. The van der Waals surface area contributed by atoms with Crippen LogP contribution in [0.3, 0.4) is 0 Å². The number of hydrogen-bond acceptors (Lipinski definition) is 7. The third-order valence-electron chi connectivity index (χ3n) is 4.28. The topological polar surface area (TPSA) is 114 Å². The fraction of sp³-hybridized carbons (Fsp3) is 0.438. The molecule has 26 heavy (non-hydrogen) atoms. The van der Waals surface area contributed by atoms with Gasteiger partial charge < -0.3 is 4.74 Å². The lowest BCUT2D eigenvalue weighted by Crippen LogP contribution is -2.40. The zero-order chi connectivity index (χ0) is 18.7. The highest BCUT2D eigenvalue weighted by atomic mass is 32.2. The van der Waals surface area contributed by atoms with Crippen molar-refractivity contribution in [2.45, 2.75) is 24.7 Å². The first-order valence-corrected chi connectivity index (χ1v) is 9.68. The molecule has 1 aromatic rings. The smallest absolute Gasteiger partial charge is 0.295 e. The van der Waals surface area contributed by atoms with Crippen LogP contribution >= 0.6 is 0 Å². The minimum Gasteiger partial charge on any atom is -0.379 e. The van der Waals surface area contributed by atoms with Crippen LogP contribution in [0.2, 0.25) is 0 Å². The number of ether oxygens (including phenoxy) is 1. The average Bonchev–Trinajstić information content (AvgIpc) is 3.05. The number of nitrogens with one attached hydrogen (secondary N) is 1. The molecule has 0 spiro atoms. The summed E-state index contributed by atoms with van der Waals surface area (Å²) in [7, 11) is -3.80. The Bertz CT molecular complexity index is 873. The molecule has 0 saturated carbocycles. The summed E-state index contributed by atoms with van der Waals surface area (Å²) in [5.41, 5.74) is 4.52. The van der Waals surface area contributed by atoms with Crippen molar-refractivity contribution in [3.05, 3.63) is 40.0 Å². The Balaban J connectivity index is 1.88. The Morgan fingerprint density at radius 1 is 1.27 bits per heavy atom. The van der Waals surface area contributed by atoms with Gasteiger partial charge in [0.25, 0.3) is 5.69 Å². The number of nitro benzene ring substituents is 1. The van der Waals surface area contributed by atoms with E-state index in [0.717, 1.165) is 24.6 Å². The second-order valence-electron chi connectivity index (χ2n) is 6.16. The molecule has 2 aliphatic rings. The number of sulfonamides is 1. The van der Waals surface area contributed by atoms with Crippen LogP contribution in [0.25, 0.3) is 0 Å². The van der Waals surface area contributed by atoms with Crippen LogP contribution in [0.1, 0.15) is 19.8 Å². The van der Waals surface area contributed by atoms with Crippen molar-refractivity contribution in [3.63, 3.8) is 0 Å². The maximum Gasteiger partial charge on any atom is 0.295 e. The lowest BCUT2D eigenvalue weighted by Gasteiger charge is -2.26. The third kappa shape index (κ3) is 3.92. The fourth-order valence-corrected chi connectivity index (χ4v) is 4.26. The van der Waals surface area contributed by atoms with Gasteiger partial charge in [0.15, 0.2) is 0 Å². The average molecular weight is 380 g/mol. The highest BCUT2D eigenvalue weighted by Gasteiger charge is 2.28.